The summed E-state index contributed by atoms with van der Waals surface area (Å²) in [5.41, 5.74) is 17.5. The number of hydrogen-bond acceptors (Lipinski definition) is 4. The van der Waals surface area contributed by atoms with Gasteiger partial charge in [0.2, 0.25) is 0 Å². The Hall–Kier alpha value is -11.8. The van der Waals surface area contributed by atoms with Crippen LogP contribution in [0.2, 0.25) is 0 Å². The summed E-state index contributed by atoms with van der Waals surface area (Å²) in [6, 6.07) is 79.5. The van der Waals surface area contributed by atoms with Crippen LogP contribution >= 0.6 is 0 Å². The van der Waals surface area contributed by atoms with Gasteiger partial charge in [-0.05, 0) is 191 Å². The van der Waals surface area contributed by atoms with Gasteiger partial charge in [0.15, 0.2) is 0 Å². The van der Waals surface area contributed by atoms with Crippen LogP contribution in [0.15, 0.2) is 243 Å². The topological polar surface area (TPSA) is 180 Å². The van der Waals surface area contributed by atoms with Crippen LogP contribution < -0.4 is 42.7 Å². The number of fused-ring (bicyclic) bond motifs is 24. The van der Waals surface area contributed by atoms with E-state index in [1.54, 1.807) is 0 Å². The second kappa shape index (κ2) is 23.8. The Balaban J connectivity index is 0.989. The molecule has 15 rings (SSSR count). The van der Waals surface area contributed by atoms with E-state index in [9.17, 15) is 19.2 Å². The van der Waals surface area contributed by atoms with Gasteiger partial charge in [-0.25, -0.2) is 0 Å². The van der Waals surface area contributed by atoms with Gasteiger partial charge in [-0.1, -0.05) is 143 Å². The Labute approximate surface area is 544 Å². The van der Waals surface area contributed by atoms with E-state index in [1.807, 2.05) is 170 Å². The number of benzene rings is 8. The number of aromatic nitrogens is 4. The van der Waals surface area contributed by atoms with Crippen molar-refractivity contribution in [2.24, 2.45) is 5.41 Å². The van der Waals surface area contributed by atoms with E-state index in [4.69, 9.17) is 0 Å². The average molecular weight is 1230 g/mol. The fraction of sp³-hybridized carbons (Fsp3) is 0.122. The molecule has 0 spiro atoms. The molecule has 94 heavy (non-hydrogen) atoms. The van der Waals surface area contributed by atoms with Crippen molar-refractivity contribution in [1.82, 2.24) is 19.9 Å². The zero-order chi connectivity index (χ0) is 64.2. The third-order valence-corrected chi connectivity index (χ3v) is 18.4. The molecule has 12 heteroatoms. The average Bonchev–Trinajstić information content (AvgIpc) is 1.59. The number of H-pyrrole nitrogens is 4. The van der Waals surface area contributed by atoms with Gasteiger partial charge in [0.25, 0.3) is 23.6 Å². The molecule has 460 valence electrons. The molecule has 0 saturated heterocycles. The number of nitrogens with one attached hydrogen (secondary N) is 8. The number of anilines is 4. The molecule has 0 fully saturated rings. The highest BCUT2D eigenvalue weighted by Crippen LogP contribution is 2.36. The minimum atomic E-state index is -0.416. The third-order valence-electron chi connectivity index (χ3n) is 18.4. The first-order valence-electron chi connectivity index (χ1n) is 31.9. The van der Waals surface area contributed by atoms with Gasteiger partial charge in [0.05, 0.1) is 0 Å². The number of carbonyl (C=O) groups is 4. The molecule has 8 aromatic carbocycles. The van der Waals surface area contributed by atoms with Crippen LogP contribution in [0.5, 0.6) is 0 Å². The third kappa shape index (κ3) is 11.6. The second-order valence-electron chi connectivity index (χ2n) is 26.3. The Morgan fingerprint density at radius 3 is 1.34 bits per heavy atom. The number of rotatable bonds is 0. The largest absolute Gasteiger partial charge is 0.355 e. The van der Waals surface area contributed by atoms with Gasteiger partial charge < -0.3 is 41.2 Å². The summed E-state index contributed by atoms with van der Waals surface area (Å²) in [7, 11) is 0. The van der Waals surface area contributed by atoms with Crippen molar-refractivity contribution in [2.45, 2.75) is 58.8 Å². The highest BCUT2D eigenvalue weighted by Gasteiger charge is 2.27. The van der Waals surface area contributed by atoms with Crippen LogP contribution in [0.1, 0.15) is 136 Å². The van der Waals surface area contributed by atoms with E-state index in [2.05, 4.69) is 142 Å². The van der Waals surface area contributed by atoms with Crippen molar-refractivity contribution >= 4 is 68.7 Å². The molecular weight excluding hydrogens is 1160 g/mol. The predicted molar refractivity (Wildman–Crippen MR) is 374 cm³/mol. The van der Waals surface area contributed by atoms with Gasteiger partial charge >= 0.3 is 0 Å². The summed E-state index contributed by atoms with van der Waals surface area (Å²) in [5.74, 6) is -0.983. The van der Waals surface area contributed by atoms with Crippen molar-refractivity contribution in [3.05, 3.63) is 354 Å². The molecule has 3 aliphatic rings. The molecular formula is C82H68N8O4. The number of amides is 4. The molecule has 8 N–H and O–H groups in total. The Bertz CT molecular complexity index is 5340. The first-order chi connectivity index (χ1) is 45.6. The van der Waals surface area contributed by atoms with Crippen molar-refractivity contribution in [1.29, 1.82) is 0 Å². The Morgan fingerprint density at radius 1 is 0.319 bits per heavy atom. The van der Waals surface area contributed by atoms with Gasteiger partial charge in [0, 0.05) is 129 Å². The van der Waals surface area contributed by atoms with E-state index < -0.39 is 5.41 Å². The van der Waals surface area contributed by atoms with Gasteiger partial charge in [-0.2, -0.15) is 0 Å². The summed E-state index contributed by atoms with van der Waals surface area (Å²) in [4.78, 5) is 74.4. The normalized spacial score (nSPS) is 15.4. The van der Waals surface area contributed by atoms with Crippen LogP contribution in [-0.2, 0) is 31.1 Å². The number of para-hydroxylation sites is 3. The second-order valence-corrected chi connectivity index (χ2v) is 26.3. The van der Waals surface area contributed by atoms with Crippen LogP contribution in [0.3, 0.4) is 0 Å². The number of carbonyl (C=O) groups excluding carboxylic acids is 4. The Morgan fingerprint density at radius 2 is 0.745 bits per heavy atom. The fourth-order valence-corrected chi connectivity index (χ4v) is 13.9. The van der Waals surface area contributed by atoms with E-state index in [0.29, 0.717) is 70.7 Å². The van der Waals surface area contributed by atoms with E-state index in [-0.39, 0.29) is 29.0 Å². The number of hydrogen-bond donors (Lipinski definition) is 8. The standard InChI is InChI=1S/C82H68N8O4/c1-81(2)46-49-16-11-22-55(40-49)78(92)89-64-30-9-6-27-60(64)75-70-35-33-67(85-70)62-45-52-19-5-8-29-63(52)88-80(94)57-24-14-25-58(43-57)82(3,4)48-51-18-13-21-54(42-51)77(91)83-59-26-15-20-53(44-59)74(68-34-32-66(62)84-68)69-36-37-71(86-69)76(73-39-38-72(75)87-73)61-28-7-10-31-65(61)90-79(93)56-23-12-17-50(41-56)47-81/h5-44,84-87H,45-48H2,1-4H3,(H,83,91)(H,88,94)(H,89,92)(H,90,93). The minimum Gasteiger partial charge on any atom is -0.355 e. The van der Waals surface area contributed by atoms with Crippen LogP contribution in [0.4, 0.5) is 22.7 Å². The molecule has 4 aromatic heterocycles. The monoisotopic (exact) mass is 1230 g/mol. The maximum absolute atomic E-state index is 14.8. The maximum atomic E-state index is 14.8. The molecule has 0 radical (unpaired) electrons. The highest BCUT2D eigenvalue weighted by molar-refractivity contribution is 6.08. The van der Waals surface area contributed by atoms with Gasteiger partial charge in [-0.3, -0.25) is 19.2 Å². The molecule has 0 saturated carbocycles. The van der Waals surface area contributed by atoms with Crippen molar-refractivity contribution in [3.8, 4) is 0 Å². The lowest BCUT2D eigenvalue weighted by molar-refractivity contribution is 0.101. The molecule has 4 amide bonds. The van der Waals surface area contributed by atoms with E-state index in [1.165, 1.54) is 0 Å². The summed E-state index contributed by atoms with van der Waals surface area (Å²) in [5, 5.41) is 16.3. The van der Waals surface area contributed by atoms with Crippen molar-refractivity contribution in [2.75, 3.05) is 21.3 Å². The molecule has 0 unspecified atom stereocenters. The molecule has 0 atom stereocenters. The van der Waals surface area contributed by atoms with Crippen LogP contribution in [-0.4, -0.2) is 43.6 Å². The molecule has 3 aliphatic heterocycles. The molecule has 22 bridgehead atoms. The smallest absolute Gasteiger partial charge is 0.255 e. The summed E-state index contributed by atoms with van der Waals surface area (Å²) < 4.78 is 0. The van der Waals surface area contributed by atoms with Crippen molar-refractivity contribution < 1.29 is 19.2 Å². The van der Waals surface area contributed by atoms with E-state index in [0.717, 1.165) is 111 Å². The van der Waals surface area contributed by atoms with Gasteiger partial charge in [-0.15, -0.1) is 0 Å². The lowest BCUT2D eigenvalue weighted by Gasteiger charge is -2.26. The van der Waals surface area contributed by atoms with Gasteiger partial charge in [0.1, 0.15) is 0 Å². The summed E-state index contributed by atoms with van der Waals surface area (Å²) in [6.07, 6.45) is 2.35. The number of aromatic amines is 4. The molecule has 0 aliphatic carbocycles. The summed E-state index contributed by atoms with van der Waals surface area (Å²) in [6.45, 7) is 8.75. The lowest BCUT2D eigenvalue weighted by atomic mass is 9.78. The van der Waals surface area contributed by atoms with Crippen LogP contribution in [0.25, 0.3) is 22.3 Å². The Kier molecular flexibility index (Phi) is 14.8. The first kappa shape index (κ1) is 58.6. The summed E-state index contributed by atoms with van der Waals surface area (Å²) >= 11 is 0. The quantitative estimate of drug-likeness (QED) is 0.0754. The minimum absolute atomic E-state index is 0.239. The fourth-order valence-electron chi connectivity index (χ4n) is 13.9. The molecule has 12 aromatic rings. The lowest BCUT2D eigenvalue weighted by Crippen LogP contribution is -2.22. The van der Waals surface area contributed by atoms with Crippen molar-refractivity contribution in [3.63, 3.8) is 0 Å². The van der Waals surface area contributed by atoms with Crippen LogP contribution in [0, 0.1) is 5.41 Å². The molecule has 12 nitrogen and oxygen atoms in total. The predicted octanol–water partition coefficient (Wildman–Crippen LogP) is 13.5. The highest BCUT2D eigenvalue weighted by atomic mass is 16.2. The SMILES string of the molecule is CC1(C)Cc2cccc(c2)C(=O)Nc2ccccc2C2=c3ccc([nH]3)=C(c3ccc([nH]3)C3=c4ccc([nH]4)=C(Cc4ccccc4NC(=O)c4cccc(c4)C(C)(C)Cc4cccc(c4)C(=O)Nc4cccc3c4)c3ccc2[nH]3)c2ccccc2NC(=O)c2cccc(c2)C1. The first-order valence-corrected chi connectivity index (χ1v) is 31.9. The zero-order valence-electron chi connectivity index (χ0n) is 52.6. The zero-order valence-corrected chi connectivity index (χ0v) is 52.6. The maximum Gasteiger partial charge on any atom is 0.255 e. The van der Waals surface area contributed by atoms with E-state index >= 15 is 0 Å². The molecule has 7 heterocycles.